The van der Waals surface area contributed by atoms with Gasteiger partial charge >= 0.3 is 0 Å². The van der Waals surface area contributed by atoms with Gasteiger partial charge in [0.05, 0.1) is 24.0 Å². The first-order valence-corrected chi connectivity index (χ1v) is 5.44. The average Bonchev–Trinajstić information content (AvgIpc) is 2.71. The smallest absolute Gasteiger partial charge is 0.113 e. The lowest BCUT2D eigenvalue weighted by molar-refractivity contribution is 0.369. The van der Waals surface area contributed by atoms with E-state index in [2.05, 4.69) is 5.32 Å². The van der Waals surface area contributed by atoms with E-state index >= 15 is 0 Å². The predicted octanol–water partition coefficient (Wildman–Crippen LogP) is 1.57. The Kier molecular flexibility index (Phi) is 4.37. The van der Waals surface area contributed by atoms with Crippen LogP contribution in [-0.2, 0) is 0 Å². The van der Waals surface area contributed by atoms with E-state index < -0.39 is 0 Å². The Morgan fingerprint density at radius 2 is 2.31 bits per heavy atom. The van der Waals surface area contributed by atoms with Crippen molar-refractivity contribution in [2.45, 2.75) is 26.4 Å². The Bertz CT molecular complexity index is 323. The van der Waals surface area contributed by atoms with Gasteiger partial charge in [-0.3, -0.25) is 5.41 Å². The summed E-state index contributed by atoms with van der Waals surface area (Å²) in [5.74, 6) is 0.281. The second-order valence-electron chi connectivity index (χ2n) is 4.00. The van der Waals surface area contributed by atoms with E-state index in [0.29, 0.717) is 0 Å². The molecule has 0 aliphatic heterocycles. The highest BCUT2D eigenvalue weighted by molar-refractivity contribution is 5.79. The molecule has 3 unspecified atom stereocenters. The van der Waals surface area contributed by atoms with Crippen LogP contribution in [0, 0.1) is 17.2 Å². The molecule has 0 fully saturated rings. The second-order valence-corrected chi connectivity index (χ2v) is 4.00. The van der Waals surface area contributed by atoms with Crippen molar-refractivity contribution < 1.29 is 4.42 Å². The monoisotopic (exact) mass is 224 g/mol. The molecule has 5 heteroatoms. The molecule has 1 aromatic rings. The summed E-state index contributed by atoms with van der Waals surface area (Å²) < 4.78 is 4.95. The minimum Gasteiger partial charge on any atom is -0.470 e. The molecule has 0 aliphatic rings. The molecule has 0 radical (unpaired) electrons. The van der Waals surface area contributed by atoms with Gasteiger partial charge in [-0.05, 0) is 12.5 Å². The topological polar surface area (TPSA) is 101 Å². The quantitative estimate of drug-likeness (QED) is 0.335. The fourth-order valence-electron chi connectivity index (χ4n) is 1.80. The lowest BCUT2D eigenvalue weighted by atomic mass is 9.88. The number of furan rings is 1. The highest BCUT2D eigenvalue weighted by Gasteiger charge is 2.24. The van der Waals surface area contributed by atoms with Crippen molar-refractivity contribution in [2.75, 3.05) is 5.32 Å². The van der Waals surface area contributed by atoms with Gasteiger partial charge in [0.1, 0.15) is 6.26 Å². The summed E-state index contributed by atoms with van der Waals surface area (Å²) in [5, 5.41) is 10.6. The van der Waals surface area contributed by atoms with Crippen LogP contribution in [0.1, 0.15) is 20.3 Å². The van der Waals surface area contributed by atoms with E-state index in [0.717, 1.165) is 12.1 Å². The molecule has 6 N–H and O–H groups in total. The third-order valence-corrected chi connectivity index (χ3v) is 2.92. The summed E-state index contributed by atoms with van der Waals surface area (Å²) in [6, 6.07) is 1.81. The maximum absolute atomic E-state index is 7.45. The molecule has 0 saturated carbocycles. The van der Waals surface area contributed by atoms with Gasteiger partial charge in [0, 0.05) is 11.8 Å². The Hall–Kier alpha value is -1.49. The number of hydrogen-bond donors (Lipinski definition) is 4. The fourth-order valence-corrected chi connectivity index (χ4v) is 1.80. The molecule has 0 aromatic carbocycles. The van der Waals surface area contributed by atoms with Crippen LogP contribution in [0.5, 0.6) is 0 Å². The lowest BCUT2D eigenvalue weighted by Gasteiger charge is -2.28. The zero-order valence-corrected chi connectivity index (χ0v) is 9.73. The Balaban J connectivity index is 2.62. The van der Waals surface area contributed by atoms with E-state index in [1.54, 1.807) is 12.5 Å². The van der Waals surface area contributed by atoms with Crippen LogP contribution in [0.3, 0.4) is 0 Å². The minimum absolute atomic E-state index is 0.0283. The molecule has 0 saturated heterocycles. The Morgan fingerprint density at radius 1 is 1.62 bits per heavy atom. The molecule has 3 atom stereocenters. The molecule has 0 spiro atoms. The number of amidine groups is 1. The highest BCUT2D eigenvalue weighted by Crippen LogP contribution is 2.20. The summed E-state index contributed by atoms with van der Waals surface area (Å²) in [6.07, 6.45) is 3.82. The van der Waals surface area contributed by atoms with Gasteiger partial charge in [-0.15, -0.1) is 0 Å². The van der Waals surface area contributed by atoms with Crippen LogP contribution >= 0.6 is 0 Å². The number of hydrogen-bond acceptors (Lipinski definition) is 4. The second kappa shape index (κ2) is 5.55. The van der Waals surface area contributed by atoms with Gasteiger partial charge in [-0.2, -0.15) is 0 Å². The van der Waals surface area contributed by atoms with Gasteiger partial charge in [0.25, 0.3) is 0 Å². The summed E-state index contributed by atoms with van der Waals surface area (Å²) >= 11 is 0. The van der Waals surface area contributed by atoms with Crippen molar-refractivity contribution in [3.8, 4) is 0 Å². The van der Waals surface area contributed by atoms with Crippen molar-refractivity contribution in [2.24, 2.45) is 23.3 Å². The van der Waals surface area contributed by atoms with Crippen molar-refractivity contribution in [3.05, 3.63) is 18.6 Å². The molecule has 5 nitrogen and oxygen atoms in total. The molecular formula is C11H20N4O. The molecule has 90 valence electrons. The van der Waals surface area contributed by atoms with Crippen LogP contribution in [-0.4, -0.2) is 12.0 Å². The first-order chi connectivity index (χ1) is 7.56. The summed E-state index contributed by atoms with van der Waals surface area (Å²) in [4.78, 5) is 0. The van der Waals surface area contributed by atoms with E-state index in [1.165, 1.54) is 0 Å². The van der Waals surface area contributed by atoms with Crippen LogP contribution < -0.4 is 16.8 Å². The molecule has 1 rings (SSSR count). The van der Waals surface area contributed by atoms with Crippen LogP contribution in [0.25, 0.3) is 0 Å². The average molecular weight is 224 g/mol. The number of rotatable bonds is 6. The standard InChI is InChI=1S/C11H20N4O/c1-3-9(7(2)10(12)13)11(14)15-8-4-5-16-6-8/h4-7,9,11,15H,3,14H2,1-2H3,(H3,12,13). The van der Waals surface area contributed by atoms with Gasteiger partial charge in [0.2, 0.25) is 0 Å². The third kappa shape index (κ3) is 3.00. The highest BCUT2D eigenvalue weighted by atomic mass is 16.3. The maximum Gasteiger partial charge on any atom is 0.113 e. The van der Waals surface area contributed by atoms with Gasteiger partial charge in [-0.25, -0.2) is 0 Å². The summed E-state index contributed by atoms with van der Waals surface area (Å²) in [6.45, 7) is 3.97. The van der Waals surface area contributed by atoms with Gasteiger partial charge in [-0.1, -0.05) is 13.8 Å². The predicted molar refractivity (Wildman–Crippen MR) is 65.2 cm³/mol. The Morgan fingerprint density at radius 3 is 2.75 bits per heavy atom. The number of nitrogens with two attached hydrogens (primary N) is 2. The van der Waals surface area contributed by atoms with Crippen LogP contribution in [0.15, 0.2) is 23.0 Å². The molecule has 1 heterocycles. The number of anilines is 1. The number of nitrogens with one attached hydrogen (secondary N) is 2. The molecular weight excluding hydrogens is 204 g/mol. The van der Waals surface area contributed by atoms with Crippen molar-refractivity contribution in [1.82, 2.24) is 0 Å². The van der Waals surface area contributed by atoms with Crippen LogP contribution in [0.4, 0.5) is 5.69 Å². The maximum atomic E-state index is 7.45. The molecule has 0 bridgehead atoms. The Labute approximate surface area is 95.7 Å². The fraction of sp³-hybridized carbons (Fsp3) is 0.545. The zero-order chi connectivity index (χ0) is 12.1. The first-order valence-electron chi connectivity index (χ1n) is 5.44. The van der Waals surface area contributed by atoms with Crippen molar-refractivity contribution >= 4 is 11.5 Å². The van der Waals surface area contributed by atoms with E-state index in [9.17, 15) is 0 Å². The SMILES string of the molecule is CCC(C(N)Nc1ccoc1)C(C)C(=N)N. The minimum atomic E-state index is -0.235. The van der Waals surface area contributed by atoms with E-state index in [-0.39, 0.29) is 23.8 Å². The molecule has 0 aliphatic carbocycles. The van der Waals surface area contributed by atoms with Crippen molar-refractivity contribution in [3.63, 3.8) is 0 Å². The zero-order valence-electron chi connectivity index (χ0n) is 9.73. The lowest BCUT2D eigenvalue weighted by Crippen LogP contribution is -2.43. The van der Waals surface area contributed by atoms with Gasteiger partial charge in [0.15, 0.2) is 0 Å². The summed E-state index contributed by atoms with van der Waals surface area (Å²) in [5.41, 5.74) is 12.4. The molecule has 16 heavy (non-hydrogen) atoms. The first kappa shape index (κ1) is 12.6. The van der Waals surface area contributed by atoms with E-state index in [1.807, 2.05) is 19.9 Å². The van der Waals surface area contributed by atoms with Crippen molar-refractivity contribution in [1.29, 1.82) is 5.41 Å². The van der Waals surface area contributed by atoms with Gasteiger partial charge < -0.3 is 21.2 Å². The van der Waals surface area contributed by atoms with E-state index in [4.69, 9.17) is 21.3 Å². The largest absolute Gasteiger partial charge is 0.470 e. The normalized spacial score (nSPS) is 16.4. The third-order valence-electron chi connectivity index (χ3n) is 2.92. The molecule has 0 amide bonds. The van der Waals surface area contributed by atoms with Crippen LogP contribution in [0.2, 0.25) is 0 Å². The molecule has 1 aromatic heterocycles. The summed E-state index contributed by atoms with van der Waals surface area (Å²) in [7, 11) is 0.